The van der Waals surface area contributed by atoms with Crippen molar-refractivity contribution in [3.63, 3.8) is 0 Å². The van der Waals surface area contributed by atoms with Gasteiger partial charge in [-0.3, -0.25) is 0 Å². The molecule has 3 rings (SSSR count). The van der Waals surface area contributed by atoms with Crippen LogP contribution in [0.3, 0.4) is 0 Å². The molecule has 8 heteroatoms. The molecule has 3 nitrogen and oxygen atoms in total. The van der Waals surface area contributed by atoms with Gasteiger partial charge in [0.05, 0.1) is 21.6 Å². The van der Waals surface area contributed by atoms with Crippen molar-refractivity contribution >= 4 is 68.0 Å². The van der Waals surface area contributed by atoms with Gasteiger partial charge >= 0.3 is 0 Å². The first kappa shape index (κ1) is 22.4. The zero-order valence-electron chi connectivity index (χ0n) is 15.2. The summed E-state index contributed by atoms with van der Waals surface area (Å²) in [4.78, 5) is 0. The molecule has 0 spiro atoms. The number of methoxy groups -OCH3 is 1. The van der Waals surface area contributed by atoms with Gasteiger partial charge in [-0.05, 0) is 64.0 Å². The average Bonchev–Trinajstić information content (AvgIpc) is 2.69. The van der Waals surface area contributed by atoms with E-state index in [1.54, 1.807) is 37.4 Å². The first-order chi connectivity index (χ1) is 13.9. The summed E-state index contributed by atoms with van der Waals surface area (Å²) >= 11 is 28.0. The first-order valence-electron chi connectivity index (χ1n) is 8.50. The Balaban J connectivity index is 1.75. The quantitative estimate of drug-likeness (QED) is 0.330. The van der Waals surface area contributed by atoms with Crippen molar-refractivity contribution in [1.82, 2.24) is 0 Å². The number of hydrogen-bond donors (Lipinski definition) is 1. The minimum Gasteiger partial charge on any atom is -0.493 e. The van der Waals surface area contributed by atoms with Crippen molar-refractivity contribution in [2.75, 3.05) is 12.4 Å². The zero-order chi connectivity index (χ0) is 21.0. The van der Waals surface area contributed by atoms with Crippen LogP contribution >= 0.6 is 62.3 Å². The number of ether oxygens (including phenoxy) is 2. The zero-order valence-corrected chi connectivity index (χ0v) is 19.8. The van der Waals surface area contributed by atoms with E-state index in [0.29, 0.717) is 38.1 Å². The third-order valence-corrected chi connectivity index (χ3v) is 6.16. The molecule has 0 heterocycles. The molecule has 0 aliphatic carbocycles. The predicted molar refractivity (Wildman–Crippen MR) is 125 cm³/mol. The largest absolute Gasteiger partial charge is 0.493 e. The molecular weight excluding hydrogens is 520 g/mol. The van der Waals surface area contributed by atoms with Crippen LogP contribution < -0.4 is 14.8 Å². The highest BCUT2D eigenvalue weighted by atomic mass is 79.9. The van der Waals surface area contributed by atoms with E-state index in [0.717, 1.165) is 21.3 Å². The fourth-order valence-electron chi connectivity index (χ4n) is 2.64. The molecule has 0 atom stereocenters. The molecule has 0 saturated carbocycles. The highest BCUT2D eigenvalue weighted by Crippen LogP contribution is 2.38. The van der Waals surface area contributed by atoms with Gasteiger partial charge in [-0.25, -0.2) is 0 Å². The van der Waals surface area contributed by atoms with E-state index in [4.69, 9.17) is 55.9 Å². The average molecular weight is 536 g/mol. The molecular formula is C21H16BrCl4NO2. The Morgan fingerprint density at radius 3 is 2.28 bits per heavy atom. The maximum Gasteiger partial charge on any atom is 0.175 e. The summed E-state index contributed by atoms with van der Waals surface area (Å²) in [6.07, 6.45) is 0. The fourth-order valence-corrected chi connectivity index (χ4v) is 4.05. The Hall–Kier alpha value is -1.30. The number of anilines is 1. The molecule has 0 amide bonds. The molecule has 0 unspecified atom stereocenters. The summed E-state index contributed by atoms with van der Waals surface area (Å²) in [5.74, 6) is 1.16. The van der Waals surface area contributed by atoms with Gasteiger partial charge in [-0.15, -0.1) is 0 Å². The lowest BCUT2D eigenvalue weighted by molar-refractivity contribution is 0.282. The molecule has 3 aromatic carbocycles. The van der Waals surface area contributed by atoms with Crippen LogP contribution in [0.1, 0.15) is 11.1 Å². The van der Waals surface area contributed by atoms with Crippen LogP contribution in [0.15, 0.2) is 53.0 Å². The second-order valence-electron chi connectivity index (χ2n) is 6.08. The number of benzene rings is 3. The summed E-state index contributed by atoms with van der Waals surface area (Å²) in [5, 5.41) is 5.42. The monoisotopic (exact) mass is 533 g/mol. The van der Waals surface area contributed by atoms with Crippen LogP contribution in [-0.2, 0) is 13.2 Å². The Morgan fingerprint density at radius 1 is 0.897 bits per heavy atom. The summed E-state index contributed by atoms with van der Waals surface area (Å²) in [7, 11) is 1.59. The van der Waals surface area contributed by atoms with Gasteiger partial charge in [0.1, 0.15) is 6.61 Å². The molecule has 0 bridgehead atoms. The van der Waals surface area contributed by atoms with Crippen molar-refractivity contribution in [3.05, 3.63) is 84.2 Å². The van der Waals surface area contributed by atoms with Gasteiger partial charge in [0.2, 0.25) is 0 Å². The van der Waals surface area contributed by atoms with Gasteiger partial charge in [-0.1, -0.05) is 52.5 Å². The van der Waals surface area contributed by atoms with Crippen molar-refractivity contribution in [2.45, 2.75) is 13.2 Å². The highest BCUT2D eigenvalue weighted by Gasteiger charge is 2.14. The summed E-state index contributed by atoms with van der Waals surface area (Å²) in [5.41, 5.74) is 2.57. The van der Waals surface area contributed by atoms with E-state index >= 15 is 0 Å². The summed E-state index contributed by atoms with van der Waals surface area (Å²) in [6.45, 7) is 0.776. The molecule has 0 aliphatic heterocycles. The predicted octanol–water partition coefficient (Wildman–Crippen LogP) is 8.26. The summed E-state index contributed by atoms with van der Waals surface area (Å²) < 4.78 is 12.2. The van der Waals surface area contributed by atoms with E-state index in [1.807, 2.05) is 18.2 Å². The molecule has 1 N–H and O–H groups in total. The van der Waals surface area contributed by atoms with E-state index in [2.05, 4.69) is 21.2 Å². The van der Waals surface area contributed by atoms with Crippen LogP contribution in [0.5, 0.6) is 11.5 Å². The number of nitrogens with one attached hydrogen (secondary N) is 1. The Kier molecular flexibility index (Phi) is 7.83. The molecule has 0 saturated heterocycles. The lowest BCUT2D eigenvalue weighted by atomic mass is 10.2. The third kappa shape index (κ3) is 5.65. The lowest BCUT2D eigenvalue weighted by Crippen LogP contribution is -2.03. The lowest BCUT2D eigenvalue weighted by Gasteiger charge is -2.16. The van der Waals surface area contributed by atoms with Crippen LogP contribution in [0.2, 0.25) is 20.1 Å². The third-order valence-electron chi connectivity index (χ3n) is 4.13. The second-order valence-corrected chi connectivity index (χ2v) is 8.56. The Bertz CT molecular complexity index is 1010. The fraction of sp³-hybridized carbons (Fsp3) is 0.143. The van der Waals surface area contributed by atoms with E-state index in [-0.39, 0.29) is 6.61 Å². The molecule has 152 valence electrons. The minimum absolute atomic E-state index is 0.217. The molecule has 0 radical (unpaired) electrons. The molecule has 0 aliphatic rings. The van der Waals surface area contributed by atoms with Crippen molar-refractivity contribution in [2.24, 2.45) is 0 Å². The highest BCUT2D eigenvalue weighted by molar-refractivity contribution is 9.10. The maximum atomic E-state index is 6.22. The van der Waals surface area contributed by atoms with Crippen LogP contribution in [0.25, 0.3) is 0 Å². The van der Waals surface area contributed by atoms with Crippen molar-refractivity contribution < 1.29 is 9.47 Å². The molecule has 0 aromatic heterocycles. The van der Waals surface area contributed by atoms with E-state index in [9.17, 15) is 0 Å². The Morgan fingerprint density at radius 2 is 1.62 bits per heavy atom. The minimum atomic E-state index is 0.217. The topological polar surface area (TPSA) is 30.5 Å². The standard InChI is InChI=1S/C21H16BrCl4NO2/c1-28-20-8-12(10-27-13-5-6-18(25)19(26)9-13)7-15(22)21(20)29-11-14-16(23)3-2-4-17(14)24/h2-9,27H,10-11H2,1H3. The molecule has 0 fully saturated rings. The van der Waals surface area contributed by atoms with Crippen molar-refractivity contribution in [1.29, 1.82) is 0 Å². The van der Waals surface area contributed by atoms with Crippen LogP contribution in [-0.4, -0.2) is 7.11 Å². The van der Waals surface area contributed by atoms with Gasteiger partial charge in [0.15, 0.2) is 11.5 Å². The van der Waals surface area contributed by atoms with Crippen LogP contribution in [0, 0.1) is 0 Å². The van der Waals surface area contributed by atoms with Gasteiger partial charge in [0, 0.05) is 27.8 Å². The Labute approximate surface area is 197 Å². The number of rotatable bonds is 7. The first-order valence-corrected chi connectivity index (χ1v) is 10.8. The maximum absolute atomic E-state index is 6.22. The van der Waals surface area contributed by atoms with Gasteiger partial charge in [-0.2, -0.15) is 0 Å². The second kappa shape index (κ2) is 10.1. The smallest absolute Gasteiger partial charge is 0.175 e. The van der Waals surface area contributed by atoms with E-state index in [1.165, 1.54) is 0 Å². The van der Waals surface area contributed by atoms with Crippen LogP contribution in [0.4, 0.5) is 5.69 Å². The normalized spacial score (nSPS) is 10.7. The SMILES string of the molecule is COc1cc(CNc2ccc(Cl)c(Cl)c2)cc(Br)c1OCc1c(Cl)cccc1Cl. The van der Waals surface area contributed by atoms with Crippen molar-refractivity contribution in [3.8, 4) is 11.5 Å². The molecule has 3 aromatic rings. The number of halogens is 5. The van der Waals surface area contributed by atoms with Gasteiger partial charge < -0.3 is 14.8 Å². The molecule has 29 heavy (non-hydrogen) atoms. The van der Waals surface area contributed by atoms with Gasteiger partial charge in [0.25, 0.3) is 0 Å². The van der Waals surface area contributed by atoms with E-state index < -0.39 is 0 Å². The summed E-state index contributed by atoms with van der Waals surface area (Å²) in [6, 6.07) is 14.6. The number of hydrogen-bond acceptors (Lipinski definition) is 3.